The van der Waals surface area contributed by atoms with Gasteiger partial charge in [0.05, 0.1) is 0 Å². The molecule has 0 spiro atoms. The van der Waals surface area contributed by atoms with Crippen LogP contribution in [0.5, 0.6) is 0 Å². The molecule has 0 radical (unpaired) electrons. The predicted molar refractivity (Wildman–Crippen MR) is 48.8 cm³/mol. The van der Waals surface area contributed by atoms with Gasteiger partial charge in [-0.25, -0.2) is 0 Å². The molecule has 1 aliphatic rings. The first-order valence-corrected chi connectivity index (χ1v) is 5.24. The van der Waals surface area contributed by atoms with E-state index >= 15 is 0 Å². The molecule has 11 heavy (non-hydrogen) atoms. The summed E-state index contributed by atoms with van der Waals surface area (Å²) in [7, 11) is 0. The standard InChI is InChI=1S/C8H14BrNO/c9-4-1-8-2-5-10(7-11)6-3-8/h7-8H,1-6H2. The zero-order valence-electron chi connectivity index (χ0n) is 6.63. The maximum Gasteiger partial charge on any atom is 0.209 e. The summed E-state index contributed by atoms with van der Waals surface area (Å²) in [6.45, 7) is 1.92. The first kappa shape index (κ1) is 9.04. The van der Waals surface area contributed by atoms with Crippen LogP contribution in [0.2, 0.25) is 0 Å². The molecule has 1 fully saturated rings. The van der Waals surface area contributed by atoms with Crippen molar-refractivity contribution in [3.05, 3.63) is 0 Å². The van der Waals surface area contributed by atoms with E-state index in [0.717, 1.165) is 30.7 Å². The molecule has 0 N–H and O–H groups in total. The van der Waals surface area contributed by atoms with Gasteiger partial charge >= 0.3 is 0 Å². The summed E-state index contributed by atoms with van der Waals surface area (Å²) in [6, 6.07) is 0. The Hall–Kier alpha value is -0.0500. The lowest BCUT2D eigenvalue weighted by atomic mass is 9.95. The van der Waals surface area contributed by atoms with Crippen LogP contribution in [-0.2, 0) is 4.79 Å². The number of piperidine rings is 1. The molecule has 64 valence electrons. The van der Waals surface area contributed by atoms with Crippen LogP contribution in [0.25, 0.3) is 0 Å². The molecular formula is C8H14BrNO. The Morgan fingerprint density at radius 3 is 2.55 bits per heavy atom. The molecule has 0 atom stereocenters. The van der Waals surface area contributed by atoms with Gasteiger partial charge in [-0.1, -0.05) is 15.9 Å². The van der Waals surface area contributed by atoms with Gasteiger partial charge in [-0.15, -0.1) is 0 Å². The van der Waals surface area contributed by atoms with Crippen molar-refractivity contribution < 1.29 is 4.79 Å². The van der Waals surface area contributed by atoms with Gasteiger partial charge in [-0.2, -0.15) is 0 Å². The lowest BCUT2D eigenvalue weighted by molar-refractivity contribution is -0.119. The van der Waals surface area contributed by atoms with E-state index in [1.54, 1.807) is 0 Å². The number of halogens is 1. The molecule has 3 heteroatoms. The molecule has 0 unspecified atom stereocenters. The number of carbonyl (C=O) groups excluding carboxylic acids is 1. The summed E-state index contributed by atoms with van der Waals surface area (Å²) >= 11 is 3.43. The predicted octanol–water partition coefficient (Wildman–Crippen LogP) is 1.64. The molecule has 1 rings (SSSR count). The number of rotatable bonds is 3. The van der Waals surface area contributed by atoms with Crippen molar-refractivity contribution >= 4 is 22.3 Å². The lowest BCUT2D eigenvalue weighted by Gasteiger charge is -2.28. The fourth-order valence-corrected chi connectivity index (χ4v) is 2.15. The Morgan fingerprint density at radius 2 is 2.09 bits per heavy atom. The maximum atomic E-state index is 10.3. The van der Waals surface area contributed by atoms with Crippen LogP contribution >= 0.6 is 15.9 Å². The van der Waals surface area contributed by atoms with Gasteiger partial charge in [0.2, 0.25) is 6.41 Å². The molecule has 1 saturated heterocycles. The molecule has 0 bridgehead atoms. The molecule has 1 amide bonds. The summed E-state index contributed by atoms with van der Waals surface area (Å²) < 4.78 is 0. The van der Waals surface area contributed by atoms with E-state index in [0.29, 0.717) is 0 Å². The van der Waals surface area contributed by atoms with Gasteiger partial charge < -0.3 is 4.90 Å². The van der Waals surface area contributed by atoms with Crippen molar-refractivity contribution in [1.29, 1.82) is 0 Å². The molecule has 0 aromatic rings. The lowest BCUT2D eigenvalue weighted by Crippen LogP contribution is -2.32. The normalized spacial score (nSPS) is 20.3. The fraction of sp³-hybridized carbons (Fsp3) is 0.875. The Labute approximate surface area is 76.1 Å². The van der Waals surface area contributed by atoms with Crippen LogP contribution < -0.4 is 0 Å². The molecule has 2 nitrogen and oxygen atoms in total. The van der Waals surface area contributed by atoms with E-state index in [1.165, 1.54) is 19.3 Å². The zero-order valence-corrected chi connectivity index (χ0v) is 8.22. The van der Waals surface area contributed by atoms with E-state index in [1.807, 2.05) is 4.90 Å². The molecule has 0 aromatic heterocycles. The SMILES string of the molecule is O=CN1CCC(CCBr)CC1. The number of likely N-dealkylation sites (tertiary alicyclic amines) is 1. The summed E-state index contributed by atoms with van der Waals surface area (Å²) in [4.78, 5) is 12.2. The average molecular weight is 220 g/mol. The number of hydrogen-bond donors (Lipinski definition) is 0. The van der Waals surface area contributed by atoms with Crippen molar-refractivity contribution in [2.45, 2.75) is 19.3 Å². The highest BCUT2D eigenvalue weighted by molar-refractivity contribution is 9.09. The summed E-state index contributed by atoms with van der Waals surface area (Å²) in [5, 5.41) is 1.10. The van der Waals surface area contributed by atoms with Crippen LogP contribution in [-0.4, -0.2) is 29.7 Å². The van der Waals surface area contributed by atoms with Crippen LogP contribution in [0, 0.1) is 5.92 Å². The maximum absolute atomic E-state index is 10.3. The minimum Gasteiger partial charge on any atom is -0.345 e. The molecule has 0 aromatic carbocycles. The molecule has 0 aliphatic carbocycles. The van der Waals surface area contributed by atoms with Gasteiger partial charge in [0.15, 0.2) is 0 Å². The van der Waals surface area contributed by atoms with Crippen molar-refractivity contribution in [2.75, 3.05) is 18.4 Å². The minimum atomic E-state index is 0.838. The molecule has 1 aliphatic heterocycles. The second-order valence-electron chi connectivity index (χ2n) is 3.06. The number of nitrogens with zero attached hydrogens (tertiary/aromatic N) is 1. The summed E-state index contributed by atoms with van der Waals surface area (Å²) in [6.07, 6.45) is 4.59. The number of amides is 1. The Balaban J connectivity index is 2.18. The fourth-order valence-electron chi connectivity index (χ4n) is 1.50. The molecule has 0 saturated carbocycles. The van der Waals surface area contributed by atoms with Gasteiger partial charge in [0.25, 0.3) is 0 Å². The number of alkyl halides is 1. The largest absolute Gasteiger partial charge is 0.345 e. The molecular weight excluding hydrogens is 206 g/mol. The van der Waals surface area contributed by atoms with E-state index in [9.17, 15) is 4.79 Å². The van der Waals surface area contributed by atoms with Gasteiger partial charge in [-0.05, 0) is 25.2 Å². The van der Waals surface area contributed by atoms with E-state index in [-0.39, 0.29) is 0 Å². The third kappa shape index (κ3) is 2.81. The smallest absolute Gasteiger partial charge is 0.209 e. The highest BCUT2D eigenvalue weighted by atomic mass is 79.9. The van der Waals surface area contributed by atoms with Crippen LogP contribution in [0.4, 0.5) is 0 Å². The first-order chi connectivity index (χ1) is 5.36. The average Bonchev–Trinajstić information content (AvgIpc) is 2.07. The Bertz CT molecular complexity index is 121. The highest BCUT2D eigenvalue weighted by Gasteiger charge is 2.16. The quantitative estimate of drug-likeness (QED) is 0.523. The third-order valence-electron chi connectivity index (χ3n) is 2.32. The van der Waals surface area contributed by atoms with Gasteiger partial charge in [0, 0.05) is 18.4 Å². The van der Waals surface area contributed by atoms with Crippen LogP contribution in [0.1, 0.15) is 19.3 Å². The monoisotopic (exact) mass is 219 g/mol. The highest BCUT2D eigenvalue weighted by Crippen LogP contribution is 2.19. The topological polar surface area (TPSA) is 20.3 Å². The van der Waals surface area contributed by atoms with E-state index in [2.05, 4.69) is 15.9 Å². The number of carbonyl (C=O) groups is 1. The van der Waals surface area contributed by atoms with Crippen molar-refractivity contribution in [3.8, 4) is 0 Å². The Morgan fingerprint density at radius 1 is 1.45 bits per heavy atom. The zero-order chi connectivity index (χ0) is 8.10. The second kappa shape index (κ2) is 4.75. The van der Waals surface area contributed by atoms with E-state index in [4.69, 9.17) is 0 Å². The summed E-state index contributed by atoms with van der Waals surface area (Å²) in [5.74, 6) is 0.838. The van der Waals surface area contributed by atoms with Gasteiger partial charge in [0.1, 0.15) is 0 Å². The van der Waals surface area contributed by atoms with Crippen LogP contribution in [0.3, 0.4) is 0 Å². The summed E-state index contributed by atoms with van der Waals surface area (Å²) in [5.41, 5.74) is 0. The molecule has 1 heterocycles. The Kier molecular flexibility index (Phi) is 3.91. The van der Waals surface area contributed by atoms with E-state index < -0.39 is 0 Å². The third-order valence-corrected chi connectivity index (χ3v) is 2.77. The van der Waals surface area contributed by atoms with Crippen molar-refractivity contribution in [2.24, 2.45) is 5.92 Å². The van der Waals surface area contributed by atoms with Gasteiger partial charge in [-0.3, -0.25) is 4.79 Å². The van der Waals surface area contributed by atoms with Crippen molar-refractivity contribution in [1.82, 2.24) is 4.90 Å². The second-order valence-corrected chi connectivity index (χ2v) is 3.86. The first-order valence-electron chi connectivity index (χ1n) is 4.12. The van der Waals surface area contributed by atoms with Crippen LogP contribution in [0.15, 0.2) is 0 Å². The minimum absolute atomic E-state index is 0.838. The van der Waals surface area contributed by atoms with Crippen molar-refractivity contribution in [3.63, 3.8) is 0 Å². The number of hydrogen-bond acceptors (Lipinski definition) is 1.